The molecule has 1 fully saturated rings. The summed E-state index contributed by atoms with van der Waals surface area (Å²) in [5.41, 5.74) is 3.90. The van der Waals surface area contributed by atoms with Crippen molar-refractivity contribution in [1.82, 2.24) is 4.90 Å². The minimum atomic E-state index is -0.00182. The van der Waals surface area contributed by atoms with Crippen molar-refractivity contribution >= 4 is 11.7 Å². The molecule has 2 aliphatic rings. The summed E-state index contributed by atoms with van der Waals surface area (Å²) >= 11 is 0. The summed E-state index contributed by atoms with van der Waals surface area (Å²) in [4.78, 5) is 27.6. The summed E-state index contributed by atoms with van der Waals surface area (Å²) in [7, 11) is 0. The topological polar surface area (TPSA) is 55.8 Å². The van der Waals surface area contributed by atoms with Crippen LogP contribution in [0.3, 0.4) is 0 Å². The highest BCUT2D eigenvalue weighted by Gasteiger charge is 2.31. The van der Waals surface area contributed by atoms with Gasteiger partial charge in [0.25, 0.3) is 0 Å². The molecule has 3 aromatic carbocycles. The van der Waals surface area contributed by atoms with E-state index in [9.17, 15) is 9.59 Å². The molecule has 5 nitrogen and oxygen atoms in total. The van der Waals surface area contributed by atoms with Gasteiger partial charge in [0, 0.05) is 24.9 Å². The number of ether oxygens (including phenoxy) is 2. The minimum absolute atomic E-state index is 0.00182. The van der Waals surface area contributed by atoms with E-state index in [-0.39, 0.29) is 30.6 Å². The van der Waals surface area contributed by atoms with Crippen LogP contribution >= 0.6 is 0 Å². The van der Waals surface area contributed by atoms with Crippen molar-refractivity contribution in [2.24, 2.45) is 0 Å². The molecule has 1 atom stereocenters. The van der Waals surface area contributed by atoms with Gasteiger partial charge in [0.1, 0.15) is 13.2 Å². The van der Waals surface area contributed by atoms with Crippen molar-refractivity contribution in [2.75, 3.05) is 19.8 Å². The first kappa shape index (κ1) is 21.3. The van der Waals surface area contributed by atoms with Gasteiger partial charge in [0.15, 0.2) is 17.3 Å². The van der Waals surface area contributed by atoms with Crippen LogP contribution in [0.4, 0.5) is 0 Å². The summed E-state index contributed by atoms with van der Waals surface area (Å²) in [6.07, 6.45) is 2.31. The number of carbonyl (C=O) groups excluding carboxylic acids is 2. The molecule has 5 heteroatoms. The van der Waals surface area contributed by atoms with E-state index in [2.05, 4.69) is 0 Å². The van der Waals surface area contributed by atoms with Gasteiger partial charge < -0.3 is 14.4 Å². The number of hydrogen-bond acceptors (Lipinski definition) is 4. The van der Waals surface area contributed by atoms with E-state index in [0.717, 1.165) is 47.6 Å². The first-order valence-corrected chi connectivity index (χ1v) is 11.6. The number of carbonyl (C=O) groups is 2. The number of benzene rings is 3. The SMILES string of the molecule is O=C(CCC(=O)N1CCC[C@H]1c1ccc2c(c1)OCCO2)c1ccc(-c2ccccc2)cc1. The highest BCUT2D eigenvalue weighted by molar-refractivity contribution is 5.98. The molecule has 0 bridgehead atoms. The molecule has 2 aliphatic heterocycles. The van der Waals surface area contributed by atoms with Crippen molar-refractivity contribution in [2.45, 2.75) is 31.7 Å². The van der Waals surface area contributed by atoms with E-state index in [1.807, 2.05) is 77.7 Å². The van der Waals surface area contributed by atoms with E-state index in [1.54, 1.807) is 0 Å². The molecule has 168 valence electrons. The number of rotatable bonds is 6. The lowest BCUT2D eigenvalue weighted by molar-refractivity contribution is -0.132. The molecule has 0 unspecified atom stereocenters. The van der Waals surface area contributed by atoms with Gasteiger partial charge in [-0.25, -0.2) is 0 Å². The Hall–Kier alpha value is -3.60. The van der Waals surface area contributed by atoms with E-state index in [1.165, 1.54) is 0 Å². The predicted octanol–water partition coefficient (Wildman–Crippen LogP) is 5.45. The molecular weight excluding hydrogens is 414 g/mol. The quantitative estimate of drug-likeness (QED) is 0.477. The second-order valence-corrected chi connectivity index (χ2v) is 8.51. The summed E-state index contributed by atoms with van der Waals surface area (Å²) < 4.78 is 11.3. The normalized spacial score (nSPS) is 17.1. The lowest BCUT2D eigenvalue weighted by Crippen LogP contribution is -2.30. The largest absolute Gasteiger partial charge is 0.486 e. The Morgan fingerprint density at radius 1 is 0.818 bits per heavy atom. The average Bonchev–Trinajstić information content (AvgIpc) is 3.38. The van der Waals surface area contributed by atoms with Crippen LogP contribution in [0.2, 0.25) is 0 Å². The van der Waals surface area contributed by atoms with Crippen LogP contribution in [-0.2, 0) is 4.79 Å². The molecule has 1 amide bonds. The first-order chi connectivity index (χ1) is 16.2. The Morgan fingerprint density at radius 2 is 1.55 bits per heavy atom. The highest BCUT2D eigenvalue weighted by Crippen LogP contribution is 2.38. The fraction of sp³-hybridized carbons (Fsp3) is 0.286. The second kappa shape index (κ2) is 9.49. The molecule has 1 saturated heterocycles. The van der Waals surface area contributed by atoms with Crippen LogP contribution in [0.1, 0.15) is 47.6 Å². The van der Waals surface area contributed by atoms with Crippen LogP contribution in [0.5, 0.6) is 11.5 Å². The third-order valence-corrected chi connectivity index (χ3v) is 6.40. The van der Waals surface area contributed by atoms with E-state index in [4.69, 9.17) is 9.47 Å². The molecule has 5 rings (SSSR count). The Bertz CT molecular complexity index is 1140. The Balaban J connectivity index is 1.21. The number of likely N-dealkylation sites (tertiary alicyclic amines) is 1. The molecule has 2 heterocycles. The monoisotopic (exact) mass is 441 g/mol. The molecular formula is C28H27NO4. The standard InChI is InChI=1S/C28H27NO4/c30-25(22-10-8-21(9-11-22)20-5-2-1-3-6-20)13-15-28(31)29-16-4-7-24(29)23-12-14-26-27(19-23)33-18-17-32-26/h1-3,5-6,8-12,14,19,24H,4,7,13,15-18H2/t24-/m0/s1. The van der Waals surface area contributed by atoms with Gasteiger partial charge in [-0.2, -0.15) is 0 Å². The molecule has 0 saturated carbocycles. The van der Waals surface area contributed by atoms with Gasteiger partial charge in [-0.15, -0.1) is 0 Å². The Kier molecular flexibility index (Phi) is 6.11. The number of Topliss-reactive ketones (excluding diaryl/α,β-unsaturated/α-hetero) is 1. The maximum absolute atomic E-state index is 13.0. The van der Waals surface area contributed by atoms with Crippen molar-refractivity contribution in [3.05, 3.63) is 83.9 Å². The number of nitrogens with zero attached hydrogens (tertiary/aromatic N) is 1. The zero-order chi connectivity index (χ0) is 22.6. The minimum Gasteiger partial charge on any atom is -0.486 e. The lowest BCUT2D eigenvalue weighted by atomic mass is 10.0. The maximum atomic E-state index is 13.0. The highest BCUT2D eigenvalue weighted by atomic mass is 16.6. The van der Waals surface area contributed by atoms with Gasteiger partial charge in [0.05, 0.1) is 6.04 Å². The molecule has 3 aromatic rings. The van der Waals surface area contributed by atoms with Gasteiger partial charge in [-0.3, -0.25) is 9.59 Å². The summed E-state index contributed by atoms with van der Waals surface area (Å²) in [6, 6.07) is 23.6. The molecule has 0 radical (unpaired) electrons. The zero-order valence-corrected chi connectivity index (χ0v) is 18.5. The van der Waals surface area contributed by atoms with Crippen LogP contribution in [-0.4, -0.2) is 36.3 Å². The zero-order valence-electron chi connectivity index (χ0n) is 18.5. The van der Waals surface area contributed by atoms with E-state index < -0.39 is 0 Å². The number of hydrogen-bond donors (Lipinski definition) is 0. The number of ketones is 1. The van der Waals surface area contributed by atoms with Crippen LogP contribution in [0.15, 0.2) is 72.8 Å². The third-order valence-electron chi connectivity index (χ3n) is 6.40. The van der Waals surface area contributed by atoms with Crippen molar-refractivity contribution in [3.8, 4) is 22.6 Å². The van der Waals surface area contributed by atoms with Crippen molar-refractivity contribution < 1.29 is 19.1 Å². The van der Waals surface area contributed by atoms with E-state index in [0.29, 0.717) is 18.8 Å². The number of fused-ring (bicyclic) bond motifs is 1. The Morgan fingerprint density at radius 3 is 2.33 bits per heavy atom. The third kappa shape index (κ3) is 4.63. The van der Waals surface area contributed by atoms with Gasteiger partial charge in [-0.1, -0.05) is 60.7 Å². The Labute approximate surface area is 193 Å². The lowest BCUT2D eigenvalue weighted by Gasteiger charge is -2.26. The van der Waals surface area contributed by atoms with E-state index >= 15 is 0 Å². The smallest absolute Gasteiger partial charge is 0.223 e. The molecule has 33 heavy (non-hydrogen) atoms. The van der Waals surface area contributed by atoms with Crippen LogP contribution in [0.25, 0.3) is 11.1 Å². The summed E-state index contributed by atoms with van der Waals surface area (Å²) in [6.45, 7) is 1.82. The average molecular weight is 442 g/mol. The molecule has 0 aromatic heterocycles. The maximum Gasteiger partial charge on any atom is 0.223 e. The molecule has 0 N–H and O–H groups in total. The van der Waals surface area contributed by atoms with Gasteiger partial charge in [-0.05, 0) is 41.7 Å². The first-order valence-electron chi connectivity index (χ1n) is 11.6. The number of amides is 1. The fourth-order valence-electron chi connectivity index (χ4n) is 4.67. The molecule has 0 spiro atoms. The molecule has 0 aliphatic carbocycles. The van der Waals surface area contributed by atoms with Gasteiger partial charge in [0.2, 0.25) is 5.91 Å². The van der Waals surface area contributed by atoms with Crippen LogP contribution < -0.4 is 9.47 Å². The van der Waals surface area contributed by atoms with Crippen molar-refractivity contribution in [3.63, 3.8) is 0 Å². The predicted molar refractivity (Wildman–Crippen MR) is 127 cm³/mol. The van der Waals surface area contributed by atoms with Crippen molar-refractivity contribution in [1.29, 1.82) is 0 Å². The second-order valence-electron chi connectivity index (χ2n) is 8.51. The summed E-state index contributed by atoms with van der Waals surface area (Å²) in [5.74, 6) is 1.52. The van der Waals surface area contributed by atoms with Crippen LogP contribution in [0, 0.1) is 0 Å². The van der Waals surface area contributed by atoms with Gasteiger partial charge >= 0.3 is 0 Å². The fourth-order valence-corrected chi connectivity index (χ4v) is 4.67. The summed E-state index contributed by atoms with van der Waals surface area (Å²) in [5, 5.41) is 0.